The van der Waals surface area contributed by atoms with Crippen molar-refractivity contribution in [3.63, 3.8) is 0 Å². The second-order valence-corrected chi connectivity index (χ2v) is 5.79. The van der Waals surface area contributed by atoms with Gasteiger partial charge in [0.2, 0.25) is 5.82 Å². The molecule has 0 aliphatic rings. The predicted octanol–water partition coefficient (Wildman–Crippen LogP) is 3.55. The van der Waals surface area contributed by atoms with Crippen LogP contribution >= 0.6 is 12.2 Å². The molecule has 0 bridgehead atoms. The molecule has 1 heterocycles. The minimum atomic E-state index is -1.15. The van der Waals surface area contributed by atoms with Crippen LogP contribution in [-0.4, -0.2) is 19.7 Å². The fourth-order valence-electron chi connectivity index (χ4n) is 1.97. The molecule has 9 heteroatoms. The van der Waals surface area contributed by atoms with Crippen LogP contribution < -0.4 is 0 Å². The Bertz CT molecular complexity index is 777. The van der Waals surface area contributed by atoms with Crippen LogP contribution in [0.5, 0.6) is 0 Å². The summed E-state index contributed by atoms with van der Waals surface area (Å²) >= 11 is 5.08. The molecular weight excluding hydrogens is 302 g/mol. The Balaban J connectivity index is 2.81. The molecule has 0 spiro atoms. The van der Waals surface area contributed by atoms with E-state index in [2.05, 4.69) is 10.2 Å². The Morgan fingerprint density at radius 1 is 1.38 bits per heavy atom. The van der Waals surface area contributed by atoms with E-state index in [9.17, 15) is 18.9 Å². The van der Waals surface area contributed by atoms with Crippen LogP contribution in [0.1, 0.15) is 20.8 Å². The zero-order valence-electron chi connectivity index (χ0n) is 11.5. The van der Waals surface area contributed by atoms with Gasteiger partial charge in [-0.2, -0.15) is 9.49 Å². The molecule has 112 valence electrons. The molecular formula is C12H12F2N4O2S. The van der Waals surface area contributed by atoms with Crippen LogP contribution in [0, 0.1) is 26.5 Å². The maximum atomic E-state index is 14.3. The van der Waals surface area contributed by atoms with Crippen molar-refractivity contribution < 1.29 is 13.7 Å². The number of H-pyrrole nitrogens is 1. The number of hydrogen-bond donors (Lipinski definition) is 1. The highest BCUT2D eigenvalue weighted by molar-refractivity contribution is 7.71. The summed E-state index contributed by atoms with van der Waals surface area (Å²) < 4.78 is 29.5. The number of hydrogen-bond acceptors (Lipinski definition) is 4. The summed E-state index contributed by atoms with van der Waals surface area (Å²) in [5.41, 5.74) is -1.82. The minimum Gasteiger partial charge on any atom is -0.295 e. The van der Waals surface area contributed by atoms with Gasteiger partial charge in [0.05, 0.1) is 16.6 Å². The Morgan fingerprint density at radius 2 is 2.00 bits per heavy atom. The van der Waals surface area contributed by atoms with Gasteiger partial charge < -0.3 is 0 Å². The number of rotatable bonds is 2. The van der Waals surface area contributed by atoms with Gasteiger partial charge in [0.1, 0.15) is 5.82 Å². The molecule has 0 amide bonds. The molecule has 2 rings (SSSR count). The van der Waals surface area contributed by atoms with E-state index in [4.69, 9.17) is 12.2 Å². The van der Waals surface area contributed by atoms with Gasteiger partial charge in [-0.1, -0.05) is 0 Å². The molecule has 6 nitrogen and oxygen atoms in total. The van der Waals surface area contributed by atoms with Crippen LogP contribution in [0.3, 0.4) is 0 Å². The number of halogens is 2. The van der Waals surface area contributed by atoms with Gasteiger partial charge in [-0.25, -0.2) is 4.39 Å². The van der Waals surface area contributed by atoms with Gasteiger partial charge >= 0.3 is 5.69 Å². The van der Waals surface area contributed by atoms with E-state index in [1.54, 1.807) is 20.8 Å². The van der Waals surface area contributed by atoms with E-state index in [0.29, 0.717) is 6.07 Å². The maximum absolute atomic E-state index is 14.3. The van der Waals surface area contributed by atoms with E-state index >= 15 is 0 Å². The van der Waals surface area contributed by atoms with Crippen LogP contribution in [0.4, 0.5) is 14.5 Å². The first-order valence-electron chi connectivity index (χ1n) is 5.94. The highest BCUT2D eigenvalue weighted by Crippen LogP contribution is 2.31. The van der Waals surface area contributed by atoms with E-state index in [1.165, 1.54) is 4.57 Å². The highest BCUT2D eigenvalue weighted by atomic mass is 32.1. The van der Waals surface area contributed by atoms with Crippen molar-refractivity contribution in [1.29, 1.82) is 0 Å². The van der Waals surface area contributed by atoms with Gasteiger partial charge in [-0.15, -0.1) is 0 Å². The Hall–Kier alpha value is -2.16. The zero-order valence-corrected chi connectivity index (χ0v) is 12.3. The van der Waals surface area contributed by atoms with Crippen molar-refractivity contribution in [2.45, 2.75) is 26.3 Å². The third-order valence-corrected chi connectivity index (χ3v) is 3.07. The second kappa shape index (κ2) is 4.99. The lowest BCUT2D eigenvalue weighted by atomic mass is 10.1. The predicted molar refractivity (Wildman–Crippen MR) is 74.4 cm³/mol. The van der Waals surface area contributed by atoms with Crippen LogP contribution in [0.2, 0.25) is 0 Å². The molecule has 0 atom stereocenters. The average Bonchev–Trinajstić information content (AvgIpc) is 2.73. The molecule has 0 aliphatic heterocycles. The summed E-state index contributed by atoms with van der Waals surface area (Å²) in [5.74, 6) is -2.07. The van der Waals surface area contributed by atoms with Crippen LogP contribution in [0.15, 0.2) is 12.1 Å². The first kappa shape index (κ1) is 15.2. The Kier molecular flexibility index (Phi) is 3.62. The third-order valence-electron chi connectivity index (χ3n) is 2.80. The Morgan fingerprint density at radius 3 is 2.52 bits per heavy atom. The summed E-state index contributed by atoms with van der Waals surface area (Å²) in [6.07, 6.45) is 0. The summed E-state index contributed by atoms with van der Waals surface area (Å²) in [4.78, 5) is 9.81. The first-order chi connectivity index (χ1) is 9.62. The van der Waals surface area contributed by atoms with E-state index in [1.807, 2.05) is 0 Å². The second-order valence-electron chi connectivity index (χ2n) is 5.40. The van der Waals surface area contributed by atoms with Gasteiger partial charge in [0.25, 0.3) is 0 Å². The van der Waals surface area contributed by atoms with Gasteiger partial charge in [0, 0.05) is 5.54 Å². The lowest BCUT2D eigenvalue weighted by Crippen LogP contribution is -2.23. The van der Waals surface area contributed by atoms with E-state index < -0.39 is 27.8 Å². The molecule has 0 saturated heterocycles. The summed E-state index contributed by atoms with van der Waals surface area (Å²) in [7, 11) is 0. The quantitative estimate of drug-likeness (QED) is 0.522. The lowest BCUT2D eigenvalue weighted by Gasteiger charge is -2.22. The minimum absolute atomic E-state index is 0.00704. The maximum Gasteiger partial charge on any atom is 0.308 e. The molecule has 0 saturated carbocycles. The molecule has 1 aromatic heterocycles. The molecule has 1 aromatic carbocycles. The van der Waals surface area contributed by atoms with Crippen molar-refractivity contribution in [3.8, 4) is 11.4 Å². The normalized spacial score (nSPS) is 11.7. The number of nitro benzene ring substituents is 1. The summed E-state index contributed by atoms with van der Waals surface area (Å²) in [5, 5.41) is 17.2. The first-order valence-corrected chi connectivity index (χ1v) is 6.35. The molecule has 0 fully saturated rings. The monoisotopic (exact) mass is 314 g/mol. The SMILES string of the molecule is CC(C)(C)n1c(-c2cc(F)cc([N+](=O)[O-])c2F)n[nH]c1=S. The number of nitrogens with zero attached hydrogens (tertiary/aromatic N) is 3. The molecule has 0 aliphatic carbocycles. The third kappa shape index (κ3) is 2.68. The van der Waals surface area contributed by atoms with Crippen LogP contribution in [0.25, 0.3) is 11.4 Å². The number of aromatic amines is 1. The topological polar surface area (TPSA) is 76.8 Å². The molecule has 1 N–H and O–H groups in total. The molecule has 0 unspecified atom stereocenters. The lowest BCUT2D eigenvalue weighted by molar-refractivity contribution is -0.387. The van der Waals surface area contributed by atoms with Crippen molar-refractivity contribution in [1.82, 2.24) is 14.8 Å². The molecule has 2 aromatic rings. The summed E-state index contributed by atoms with van der Waals surface area (Å²) in [6.45, 7) is 5.40. The molecule has 21 heavy (non-hydrogen) atoms. The fourth-order valence-corrected chi connectivity index (χ4v) is 2.38. The van der Waals surface area contributed by atoms with Crippen LogP contribution in [-0.2, 0) is 5.54 Å². The highest BCUT2D eigenvalue weighted by Gasteiger charge is 2.27. The number of benzene rings is 1. The largest absolute Gasteiger partial charge is 0.308 e. The fraction of sp³-hybridized carbons (Fsp3) is 0.333. The zero-order chi connectivity index (χ0) is 15.9. The van der Waals surface area contributed by atoms with E-state index in [0.717, 1.165) is 6.07 Å². The van der Waals surface area contributed by atoms with Crippen molar-refractivity contribution in [3.05, 3.63) is 38.7 Å². The number of nitrogens with one attached hydrogen (secondary N) is 1. The van der Waals surface area contributed by atoms with E-state index in [-0.39, 0.29) is 16.2 Å². The van der Waals surface area contributed by atoms with Gasteiger partial charge in [0.15, 0.2) is 10.6 Å². The standard InChI is InChI=1S/C12H12F2N4O2S/c1-12(2,3)17-10(15-16-11(17)21)7-4-6(13)5-8(9(7)14)18(19)20/h4-5H,1-3H3,(H,16,21). The number of nitro groups is 1. The van der Waals surface area contributed by atoms with Crippen molar-refractivity contribution >= 4 is 17.9 Å². The number of aromatic nitrogens is 3. The van der Waals surface area contributed by atoms with Gasteiger partial charge in [-0.05, 0) is 39.1 Å². The van der Waals surface area contributed by atoms with Gasteiger partial charge in [-0.3, -0.25) is 19.8 Å². The van der Waals surface area contributed by atoms with Crippen molar-refractivity contribution in [2.75, 3.05) is 0 Å². The molecule has 0 radical (unpaired) electrons. The average molecular weight is 314 g/mol. The Labute approximate surface area is 123 Å². The summed E-state index contributed by atoms with van der Waals surface area (Å²) in [6, 6.07) is 1.39. The van der Waals surface area contributed by atoms with Crippen molar-refractivity contribution in [2.24, 2.45) is 0 Å². The smallest absolute Gasteiger partial charge is 0.295 e.